The summed E-state index contributed by atoms with van der Waals surface area (Å²) in [5.41, 5.74) is 8.12. The van der Waals surface area contributed by atoms with Crippen molar-refractivity contribution >= 4 is 51.2 Å². The van der Waals surface area contributed by atoms with Gasteiger partial charge in [-0.05, 0) is 47.5 Å². The second-order valence-electron chi connectivity index (χ2n) is 7.14. The molecule has 0 spiro atoms. The van der Waals surface area contributed by atoms with Gasteiger partial charge in [0.1, 0.15) is 0 Å². The summed E-state index contributed by atoms with van der Waals surface area (Å²) in [5, 5.41) is 7.14. The molecule has 1 aliphatic heterocycles. The van der Waals surface area contributed by atoms with Crippen LogP contribution in [0.2, 0.25) is 10.0 Å². The molecule has 1 unspecified atom stereocenters. The van der Waals surface area contributed by atoms with E-state index in [0.717, 1.165) is 23.2 Å². The normalized spacial score (nSPS) is 16.9. The van der Waals surface area contributed by atoms with E-state index < -0.39 is 10.0 Å². The molecule has 1 heterocycles. The Labute approximate surface area is 201 Å². The quantitative estimate of drug-likeness (QED) is 0.420. The predicted octanol–water partition coefficient (Wildman–Crippen LogP) is 4.53. The molecule has 3 aromatic rings. The molecule has 4 rings (SSSR count). The number of rotatable bonds is 4. The molecular weight excluding hydrogens is 481 g/mol. The van der Waals surface area contributed by atoms with Gasteiger partial charge in [0.05, 0.1) is 23.5 Å². The van der Waals surface area contributed by atoms with Crippen molar-refractivity contribution in [1.82, 2.24) is 5.01 Å². The van der Waals surface area contributed by atoms with E-state index in [1.54, 1.807) is 12.1 Å². The smallest absolute Gasteiger partial charge is 0.285 e. The minimum Gasteiger partial charge on any atom is -0.390 e. The summed E-state index contributed by atoms with van der Waals surface area (Å²) >= 11 is 11.9. The molecule has 0 amide bonds. The number of hydrogen-bond acceptors (Lipinski definition) is 3. The lowest BCUT2D eigenvalue weighted by Crippen LogP contribution is -2.26. The lowest BCUT2D eigenvalue weighted by Gasteiger charge is -2.15. The maximum absolute atomic E-state index is 12.9. The first-order valence-corrected chi connectivity index (χ1v) is 12.1. The van der Waals surface area contributed by atoms with E-state index in [9.17, 15) is 8.42 Å². The van der Waals surface area contributed by atoms with Crippen molar-refractivity contribution < 1.29 is 8.42 Å². The molecule has 0 bridgehead atoms. The van der Waals surface area contributed by atoms with Gasteiger partial charge in [0.25, 0.3) is 16.0 Å². The van der Waals surface area contributed by atoms with E-state index in [1.165, 1.54) is 29.3 Å². The fourth-order valence-electron chi connectivity index (χ4n) is 3.43. The van der Waals surface area contributed by atoms with Gasteiger partial charge in [-0.25, -0.2) is 10.0 Å². The molecule has 3 aromatic carbocycles. The largest absolute Gasteiger partial charge is 0.390 e. The molecule has 0 fully saturated rings. The molecule has 0 saturated heterocycles. The highest BCUT2D eigenvalue weighted by Gasteiger charge is 2.32. The third-order valence-corrected chi connectivity index (χ3v) is 6.77. The number of nitrogens with two attached hydrogens (primary N) is 1. The Morgan fingerprint density at radius 1 is 0.970 bits per heavy atom. The van der Waals surface area contributed by atoms with E-state index in [0.29, 0.717) is 16.6 Å². The summed E-state index contributed by atoms with van der Waals surface area (Å²) in [6.45, 7) is 0.328. The van der Waals surface area contributed by atoms with Crippen LogP contribution in [0.5, 0.6) is 0 Å². The highest BCUT2D eigenvalue weighted by atomic mass is 35.5. The molecule has 7 nitrogen and oxygen atoms in total. The van der Waals surface area contributed by atoms with E-state index in [2.05, 4.69) is 14.5 Å². The molecular formula is C23H19Cl2N5O2S. The zero-order valence-electron chi connectivity index (χ0n) is 17.2. The van der Waals surface area contributed by atoms with Crippen LogP contribution < -0.4 is 5.73 Å². The van der Waals surface area contributed by atoms with Crippen molar-refractivity contribution in [2.75, 3.05) is 6.54 Å². The maximum atomic E-state index is 12.9. The number of aliphatic imine (C=N–C) groups is 1. The number of guanidine groups is 1. The lowest BCUT2D eigenvalue weighted by atomic mass is 9.91. The van der Waals surface area contributed by atoms with Gasteiger partial charge in [-0.2, -0.15) is 13.5 Å². The molecule has 33 heavy (non-hydrogen) atoms. The van der Waals surface area contributed by atoms with Crippen molar-refractivity contribution in [3.8, 4) is 0 Å². The molecule has 1 aliphatic rings. The molecule has 0 radical (unpaired) electrons. The Kier molecular flexibility index (Phi) is 6.78. The van der Waals surface area contributed by atoms with Gasteiger partial charge < -0.3 is 5.73 Å². The Hall–Kier alpha value is -3.20. The summed E-state index contributed by atoms with van der Waals surface area (Å²) in [5.74, 6) is -0.291. The average molecular weight is 500 g/mol. The van der Waals surface area contributed by atoms with Crippen molar-refractivity contribution in [2.45, 2.75) is 10.8 Å². The van der Waals surface area contributed by atoms with Gasteiger partial charge in [0, 0.05) is 16.0 Å². The standard InChI is InChI=1S/C23H19Cl2N5O2S/c24-18-8-6-17(7-9-18)22-21(16-4-2-1-3-5-16)14-30(28-22)23(27-15-26)29-33(31,32)20-12-10-19(25)11-13-20/h1-13,15,21H,14H2,(H2,26,27,29). The molecule has 2 N–H and O–H groups in total. The van der Waals surface area contributed by atoms with Gasteiger partial charge >= 0.3 is 0 Å². The SMILES string of the molecule is N/C=N\C(=N/S(=O)(=O)c1ccc(Cl)cc1)N1CC(c2ccccc2)C(c2ccc(Cl)cc2)=N1. The summed E-state index contributed by atoms with van der Waals surface area (Å²) in [4.78, 5) is 3.98. The minimum atomic E-state index is -4.07. The first-order valence-electron chi connectivity index (χ1n) is 9.89. The second kappa shape index (κ2) is 9.74. The molecule has 1 atom stereocenters. The number of sulfonamides is 1. The average Bonchev–Trinajstić information content (AvgIpc) is 3.25. The highest BCUT2D eigenvalue weighted by Crippen LogP contribution is 2.30. The monoisotopic (exact) mass is 499 g/mol. The third kappa shape index (κ3) is 5.24. The van der Waals surface area contributed by atoms with Crippen LogP contribution in [0.4, 0.5) is 0 Å². The van der Waals surface area contributed by atoms with Crippen LogP contribution in [0.3, 0.4) is 0 Å². The number of hydrogen-bond donors (Lipinski definition) is 1. The molecule has 0 aromatic heterocycles. The maximum Gasteiger partial charge on any atom is 0.285 e. The summed E-state index contributed by atoms with van der Waals surface area (Å²) < 4.78 is 29.7. The number of hydrazone groups is 1. The van der Waals surface area contributed by atoms with Gasteiger partial charge in [-0.15, -0.1) is 4.40 Å². The van der Waals surface area contributed by atoms with E-state index in [-0.39, 0.29) is 16.8 Å². The fraction of sp³-hybridized carbons (Fsp3) is 0.0870. The van der Waals surface area contributed by atoms with Gasteiger partial charge in [0.15, 0.2) is 0 Å². The Morgan fingerprint density at radius 2 is 1.58 bits per heavy atom. The zero-order valence-corrected chi connectivity index (χ0v) is 19.5. The van der Waals surface area contributed by atoms with Crippen LogP contribution in [0.15, 0.2) is 98.2 Å². The van der Waals surface area contributed by atoms with Crippen LogP contribution in [0.1, 0.15) is 17.0 Å². The number of nitrogens with zero attached hydrogens (tertiary/aromatic N) is 4. The number of halogens is 2. The summed E-state index contributed by atoms with van der Waals surface area (Å²) in [6, 6.07) is 22.8. The molecule has 0 saturated carbocycles. The third-order valence-electron chi connectivity index (χ3n) is 4.99. The van der Waals surface area contributed by atoms with Crippen molar-refractivity contribution in [1.29, 1.82) is 0 Å². The fourth-order valence-corrected chi connectivity index (χ4v) is 4.62. The molecule has 10 heteroatoms. The van der Waals surface area contributed by atoms with E-state index >= 15 is 0 Å². The molecule has 0 aliphatic carbocycles. The van der Waals surface area contributed by atoms with Crippen LogP contribution in [-0.2, 0) is 10.0 Å². The van der Waals surface area contributed by atoms with Gasteiger partial charge in [-0.3, -0.25) is 0 Å². The highest BCUT2D eigenvalue weighted by molar-refractivity contribution is 7.90. The van der Waals surface area contributed by atoms with Crippen LogP contribution in [0, 0.1) is 0 Å². The Morgan fingerprint density at radius 3 is 2.18 bits per heavy atom. The molecule has 168 valence electrons. The van der Waals surface area contributed by atoms with Gasteiger partial charge in [0.2, 0.25) is 0 Å². The number of benzene rings is 3. The second-order valence-corrected chi connectivity index (χ2v) is 9.61. The van der Waals surface area contributed by atoms with Crippen LogP contribution >= 0.6 is 23.2 Å². The Balaban J connectivity index is 1.77. The predicted molar refractivity (Wildman–Crippen MR) is 133 cm³/mol. The van der Waals surface area contributed by atoms with Crippen LogP contribution in [-0.4, -0.2) is 38.0 Å². The van der Waals surface area contributed by atoms with Crippen LogP contribution in [0.25, 0.3) is 0 Å². The summed E-state index contributed by atoms with van der Waals surface area (Å²) in [6.07, 6.45) is 0.990. The zero-order chi connectivity index (χ0) is 23.4. The summed E-state index contributed by atoms with van der Waals surface area (Å²) in [7, 11) is -4.07. The minimum absolute atomic E-state index is 0.0164. The van der Waals surface area contributed by atoms with Crippen molar-refractivity contribution in [3.05, 3.63) is 100 Å². The van der Waals surface area contributed by atoms with E-state index in [1.807, 2.05) is 42.5 Å². The first kappa shape index (κ1) is 23.0. The van der Waals surface area contributed by atoms with Crippen molar-refractivity contribution in [2.24, 2.45) is 20.2 Å². The van der Waals surface area contributed by atoms with E-state index in [4.69, 9.17) is 28.9 Å². The topological polar surface area (TPSA) is 100 Å². The first-order chi connectivity index (χ1) is 15.9. The van der Waals surface area contributed by atoms with Crippen molar-refractivity contribution in [3.63, 3.8) is 0 Å². The van der Waals surface area contributed by atoms with Gasteiger partial charge in [-0.1, -0.05) is 65.7 Å². The lowest BCUT2D eigenvalue weighted by molar-refractivity contribution is 0.470. The Bertz CT molecular complexity index is 1320.